The average molecular weight is 232 g/mol. The van der Waals surface area contributed by atoms with Gasteiger partial charge in [0, 0.05) is 12.7 Å². The zero-order valence-corrected chi connectivity index (χ0v) is 9.52. The van der Waals surface area contributed by atoms with Gasteiger partial charge in [-0.1, -0.05) is 17.3 Å². The van der Waals surface area contributed by atoms with E-state index in [2.05, 4.69) is 15.5 Å². The number of hydrogen-bond donors (Lipinski definition) is 2. The van der Waals surface area contributed by atoms with E-state index in [4.69, 9.17) is 10.3 Å². The monoisotopic (exact) mass is 232 g/mol. The number of aromatic nitrogens is 2. The molecular weight excluding hydrogens is 220 g/mol. The second kappa shape index (κ2) is 4.25. The van der Waals surface area contributed by atoms with E-state index in [1.807, 2.05) is 19.1 Å². The summed E-state index contributed by atoms with van der Waals surface area (Å²) in [4.78, 5) is 15.3. The fourth-order valence-corrected chi connectivity index (χ4v) is 1.51. The van der Waals surface area contributed by atoms with Crippen molar-refractivity contribution in [2.24, 2.45) is 0 Å². The number of nitrogens with two attached hydrogens (primary N) is 1. The van der Waals surface area contributed by atoms with E-state index in [1.54, 1.807) is 6.07 Å². The molecule has 1 amide bonds. The highest BCUT2D eigenvalue weighted by Gasteiger charge is 2.17. The number of nitrogen functional groups attached to an aromatic ring is 1. The van der Waals surface area contributed by atoms with Crippen molar-refractivity contribution in [3.8, 4) is 11.5 Å². The average Bonchev–Trinajstić information content (AvgIpc) is 2.77. The maximum atomic E-state index is 11.3. The molecule has 17 heavy (non-hydrogen) atoms. The summed E-state index contributed by atoms with van der Waals surface area (Å²) in [6.45, 7) is 1.88. The minimum Gasteiger partial charge on any atom is -0.398 e. The van der Waals surface area contributed by atoms with Crippen molar-refractivity contribution in [2.45, 2.75) is 6.92 Å². The van der Waals surface area contributed by atoms with E-state index in [-0.39, 0.29) is 11.7 Å². The van der Waals surface area contributed by atoms with E-state index >= 15 is 0 Å². The fourth-order valence-electron chi connectivity index (χ4n) is 1.51. The highest BCUT2D eigenvalue weighted by Crippen LogP contribution is 2.27. The Kier molecular flexibility index (Phi) is 2.78. The first-order chi connectivity index (χ1) is 8.13. The fraction of sp³-hybridized carbons (Fsp3) is 0.182. The van der Waals surface area contributed by atoms with E-state index in [0.717, 1.165) is 5.56 Å². The molecule has 0 saturated carbocycles. The first kappa shape index (κ1) is 11.1. The van der Waals surface area contributed by atoms with Crippen molar-refractivity contribution in [3.05, 3.63) is 29.6 Å². The molecule has 2 rings (SSSR count). The molecule has 0 unspecified atom stereocenters. The third-order valence-corrected chi connectivity index (χ3v) is 2.38. The second-order valence-electron chi connectivity index (χ2n) is 3.54. The van der Waals surface area contributed by atoms with Crippen LogP contribution < -0.4 is 11.1 Å². The Bertz CT molecular complexity index is 542. The van der Waals surface area contributed by atoms with Crippen LogP contribution in [0.3, 0.4) is 0 Å². The zero-order chi connectivity index (χ0) is 12.4. The van der Waals surface area contributed by atoms with Crippen LogP contribution in [0.25, 0.3) is 11.5 Å². The molecule has 0 radical (unpaired) electrons. The zero-order valence-electron chi connectivity index (χ0n) is 9.52. The van der Waals surface area contributed by atoms with Gasteiger partial charge in [0.15, 0.2) is 0 Å². The molecule has 6 nitrogen and oxygen atoms in total. The number of amides is 1. The van der Waals surface area contributed by atoms with Crippen molar-refractivity contribution in [1.82, 2.24) is 15.5 Å². The topological polar surface area (TPSA) is 94.0 Å². The molecule has 2 aromatic rings. The number of carbonyl (C=O) groups is 1. The van der Waals surface area contributed by atoms with E-state index < -0.39 is 5.91 Å². The molecule has 0 atom stereocenters. The Morgan fingerprint density at radius 2 is 2.24 bits per heavy atom. The third-order valence-electron chi connectivity index (χ3n) is 2.38. The smallest absolute Gasteiger partial charge is 0.292 e. The van der Waals surface area contributed by atoms with Crippen molar-refractivity contribution >= 4 is 11.6 Å². The maximum Gasteiger partial charge on any atom is 0.292 e. The Morgan fingerprint density at radius 1 is 1.47 bits per heavy atom. The predicted molar refractivity (Wildman–Crippen MR) is 62.3 cm³/mol. The van der Waals surface area contributed by atoms with Gasteiger partial charge in [0.05, 0.1) is 5.56 Å². The van der Waals surface area contributed by atoms with Crippen LogP contribution in [0, 0.1) is 6.92 Å². The summed E-state index contributed by atoms with van der Waals surface area (Å²) in [6.07, 6.45) is 0. The standard InChI is InChI=1S/C11H12N4O2/c1-6-4-3-5-7(12)8(6)11-14-9(15-17-11)10(16)13-2/h3-5H,12H2,1-2H3,(H,13,16). The molecular formula is C11H12N4O2. The summed E-state index contributed by atoms with van der Waals surface area (Å²) in [6, 6.07) is 5.46. The highest BCUT2D eigenvalue weighted by molar-refractivity contribution is 5.90. The van der Waals surface area contributed by atoms with E-state index in [0.29, 0.717) is 11.3 Å². The SMILES string of the molecule is CNC(=O)c1noc(-c2c(C)cccc2N)n1. The summed E-state index contributed by atoms with van der Waals surface area (Å²) in [5.74, 6) is -0.156. The van der Waals surface area contributed by atoms with Gasteiger partial charge in [0.25, 0.3) is 17.6 Å². The Morgan fingerprint density at radius 3 is 2.88 bits per heavy atom. The lowest BCUT2D eigenvalue weighted by molar-refractivity contribution is 0.0950. The number of nitrogens with one attached hydrogen (secondary N) is 1. The summed E-state index contributed by atoms with van der Waals surface area (Å²) in [5, 5.41) is 6.01. The van der Waals surface area contributed by atoms with Crippen LogP contribution in [-0.2, 0) is 0 Å². The lowest BCUT2D eigenvalue weighted by Crippen LogP contribution is -2.19. The number of hydrogen-bond acceptors (Lipinski definition) is 5. The van der Waals surface area contributed by atoms with Crippen LogP contribution in [0.5, 0.6) is 0 Å². The minimum atomic E-state index is -0.396. The molecule has 0 aliphatic heterocycles. The van der Waals surface area contributed by atoms with Crippen molar-refractivity contribution in [2.75, 3.05) is 12.8 Å². The molecule has 1 aromatic carbocycles. The lowest BCUT2D eigenvalue weighted by Gasteiger charge is -2.03. The molecule has 0 fully saturated rings. The molecule has 1 aromatic heterocycles. The molecule has 0 spiro atoms. The van der Waals surface area contributed by atoms with Gasteiger partial charge in [-0.3, -0.25) is 4.79 Å². The normalized spacial score (nSPS) is 10.2. The summed E-state index contributed by atoms with van der Waals surface area (Å²) in [5.41, 5.74) is 7.96. The van der Waals surface area contributed by atoms with Crippen LogP contribution >= 0.6 is 0 Å². The first-order valence-electron chi connectivity index (χ1n) is 5.04. The van der Waals surface area contributed by atoms with Gasteiger partial charge in [-0.05, 0) is 18.6 Å². The quantitative estimate of drug-likeness (QED) is 0.753. The van der Waals surface area contributed by atoms with Gasteiger partial charge in [-0.25, -0.2) is 0 Å². The molecule has 0 aliphatic rings. The van der Waals surface area contributed by atoms with Gasteiger partial charge < -0.3 is 15.6 Å². The van der Waals surface area contributed by atoms with Gasteiger partial charge in [0.1, 0.15) is 0 Å². The van der Waals surface area contributed by atoms with Gasteiger partial charge in [-0.15, -0.1) is 0 Å². The van der Waals surface area contributed by atoms with E-state index in [9.17, 15) is 4.79 Å². The Balaban J connectivity index is 2.47. The summed E-state index contributed by atoms with van der Waals surface area (Å²) in [7, 11) is 1.50. The maximum absolute atomic E-state index is 11.3. The van der Waals surface area contributed by atoms with Crippen molar-refractivity contribution < 1.29 is 9.32 Å². The molecule has 0 saturated heterocycles. The number of carbonyl (C=O) groups excluding carboxylic acids is 1. The molecule has 1 heterocycles. The van der Waals surface area contributed by atoms with Gasteiger partial charge in [0.2, 0.25) is 0 Å². The summed E-state index contributed by atoms with van der Waals surface area (Å²) >= 11 is 0. The molecule has 0 aliphatic carbocycles. The second-order valence-corrected chi connectivity index (χ2v) is 3.54. The lowest BCUT2D eigenvalue weighted by atomic mass is 10.1. The van der Waals surface area contributed by atoms with Crippen LogP contribution in [0.1, 0.15) is 16.2 Å². The van der Waals surface area contributed by atoms with Crippen molar-refractivity contribution in [3.63, 3.8) is 0 Å². The molecule has 88 valence electrons. The van der Waals surface area contributed by atoms with Crippen LogP contribution in [0.4, 0.5) is 5.69 Å². The highest BCUT2D eigenvalue weighted by atomic mass is 16.5. The van der Waals surface area contributed by atoms with Crippen molar-refractivity contribution in [1.29, 1.82) is 0 Å². The van der Waals surface area contributed by atoms with Gasteiger partial charge >= 0.3 is 0 Å². The Hall–Kier alpha value is -2.37. The van der Waals surface area contributed by atoms with Crippen LogP contribution in [0.2, 0.25) is 0 Å². The molecule has 0 bridgehead atoms. The predicted octanol–water partition coefficient (Wildman–Crippen LogP) is 0.987. The Labute approximate surface area is 97.8 Å². The largest absolute Gasteiger partial charge is 0.398 e. The molecule has 3 N–H and O–H groups in total. The molecule has 6 heteroatoms. The summed E-state index contributed by atoms with van der Waals surface area (Å²) < 4.78 is 5.03. The van der Waals surface area contributed by atoms with Crippen LogP contribution in [0.15, 0.2) is 22.7 Å². The van der Waals surface area contributed by atoms with Gasteiger partial charge in [-0.2, -0.15) is 4.98 Å². The third kappa shape index (κ3) is 1.96. The number of nitrogens with zero attached hydrogens (tertiary/aromatic N) is 2. The number of anilines is 1. The number of aryl methyl sites for hydroxylation is 1. The van der Waals surface area contributed by atoms with Crippen LogP contribution in [-0.4, -0.2) is 23.1 Å². The van der Waals surface area contributed by atoms with E-state index in [1.165, 1.54) is 7.05 Å². The number of benzene rings is 1. The minimum absolute atomic E-state index is 0.00912. The number of rotatable bonds is 2. The first-order valence-corrected chi connectivity index (χ1v) is 5.04.